The SMILES string of the molecule is C[C@H](C#N)C[C@@H](NC(=O)c1c(F)cc(F)cc1F)C(=O)O. The molecule has 0 aliphatic carbocycles. The number of amides is 1. The lowest BCUT2D eigenvalue weighted by atomic mass is 10.0. The lowest BCUT2D eigenvalue weighted by Gasteiger charge is -2.16. The summed E-state index contributed by atoms with van der Waals surface area (Å²) in [6.07, 6.45) is -0.234. The van der Waals surface area contributed by atoms with Crippen molar-refractivity contribution in [3.8, 4) is 6.07 Å². The second-order valence-electron chi connectivity index (χ2n) is 4.37. The van der Waals surface area contributed by atoms with Gasteiger partial charge in [-0.1, -0.05) is 0 Å². The average molecular weight is 300 g/mol. The molecule has 2 N–H and O–H groups in total. The molecule has 5 nitrogen and oxygen atoms in total. The lowest BCUT2D eigenvalue weighted by Crippen LogP contribution is -2.42. The minimum atomic E-state index is -1.49. The summed E-state index contributed by atoms with van der Waals surface area (Å²) in [4.78, 5) is 22.7. The second-order valence-corrected chi connectivity index (χ2v) is 4.37. The summed E-state index contributed by atoms with van der Waals surface area (Å²) in [6.45, 7) is 1.43. The number of carbonyl (C=O) groups excluding carboxylic acids is 1. The molecule has 0 aromatic heterocycles. The number of carboxylic acid groups (broad SMARTS) is 1. The van der Waals surface area contributed by atoms with E-state index in [0.29, 0.717) is 12.1 Å². The Kier molecular flexibility index (Phi) is 5.30. The number of aliphatic carboxylic acids is 1. The molecule has 0 saturated heterocycles. The van der Waals surface area contributed by atoms with Crippen molar-refractivity contribution < 1.29 is 27.9 Å². The van der Waals surface area contributed by atoms with Crippen LogP contribution in [0, 0.1) is 34.7 Å². The third-order valence-corrected chi connectivity index (χ3v) is 2.65. The highest BCUT2D eigenvalue weighted by molar-refractivity contribution is 5.97. The Bertz CT molecular complexity index is 590. The van der Waals surface area contributed by atoms with Gasteiger partial charge in [-0.15, -0.1) is 0 Å². The number of hydrogen-bond donors (Lipinski definition) is 2. The van der Waals surface area contributed by atoms with Crippen molar-refractivity contribution in [3.05, 3.63) is 35.1 Å². The summed E-state index contributed by atoms with van der Waals surface area (Å²) >= 11 is 0. The fourth-order valence-electron chi connectivity index (χ4n) is 1.62. The van der Waals surface area contributed by atoms with Crippen molar-refractivity contribution >= 4 is 11.9 Å². The first-order chi connectivity index (χ1) is 9.76. The minimum absolute atomic E-state index is 0.234. The van der Waals surface area contributed by atoms with Gasteiger partial charge in [0.05, 0.1) is 6.07 Å². The van der Waals surface area contributed by atoms with Gasteiger partial charge in [0.2, 0.25) is 0 Å². The normalized spacial score (nSPS) is 13.1. The second kappa shape index (κ2) is 6.74. The Hall–Kier alpha value is -2.56. The zero-order valence-electron chi connectivity index (χ0n) is 10.9. The Balaban J connectivity index is 2.98. The van der Waals surface area contributed by atoms with Gasteiger partial charge in [0, 0.05) is 18.1 Å². The minimum Gasteiger partial charge on any atom is -0.480 e. The van der Waals surface area contributed by atoms with Crippen LogP contribution in [-0.4, -0.2) is 23.0 Å². The van der Waals surface area contributed by atoms with Crippen molar-refractivity contribution in [2.75, 3.05) is 0 Å². The van der Waals surface area contributed by atoms with E-state index >= 15 is 0 Å². The molecule has 0 radical (unpaired) electrons. The van der Waals surface area contributed by atoms with Gasteiger partial charge in [0.25, 0.3) is 5.91 Å². The van der Waals surface area contributed by atoms with Crippen LogP contribution in [-0.2, 0) is 4.79 Å². The molecular weight excluding hydrogens is 289 g/mol. The molecule has 1 aromatic carbocycles. The van der Waals surface area contributed by atoms with Gasteiger partial charge in [-0.3, -0.25) is 4.79 Å². The molecule has 0 heterocycles. The summed E-state index contributed by atoms with van der Waals surface area (Å²) in [7, 11) is 0. The molecule has 1 rings (SSSR count). The van der Waals surface area contributed by atoms with Crippen molar-refractivity contribution in [2.24, 2.45) is 5.92 Å². The molecule has 112 valence electrons. The summed E-state index contributed by atoms with van der Waals surface area (Å²) in [5.74, 6) is -7.55. The van der Waals surface area contributed by atoms with E-state index in [2.05, 4.69) is 0 Å². The van der Waals surface area contributed by atoms with Crippen LogP contribution >= 0.6 is 0 Å². The van der Waals surface area contributed by atoms with Gasteiger partial charge in [0.15, 0.2) is 0 Å². The fourth-order valence-corrected chi connectivity index (χ4v) is 1.62. The first kappa shape index (κ1) is 16.5. The highest BCUT2D eigenvalue weighted by atomic mass is 19.1. The summed E-state index contributed by atoms with van der Waals surface area (Å²) < 4.78 is 39.5. The number of nitrogens with zero attached hydrogens (tertiary/aromatic N) is 1. The number of carbonyl (C=O) groups is 2. The van der Waals surface area contributed by atoms with Crippen molar-refractivity contribution in [3.63, 3.8) is 0 Å². The van der Waals surface area contributed by atoms with Gasteiger partial charge in [-0.2, -0.15) is 5.26 Å². The molecule has 21 heavy (non-hydrogen) atoms. The van der Waals surface area contributed by atoms with Crippen LogP contribution in [0.15, 0.2) is 12.1 Å². The average Bonchev–Trinajstić information content (AvgIpc) is 2.36. The molecule has 0 bridgehead atoms. The zero-order valence-corrected chi connectivity index (χ0v) is 10.9. The van der Waals surface area contributed by atoms with Crippen LogP contribution in [0.1, 0.15) is 23.7 Å². The molecular formula is C13H11F3N2O3. The third kappa shape index (κ3) is 4.21. The molecule has 0 aliphatic heterocycles. The van der Waals surface area contributed by atoms with Crippen LogP contribution in [0.5, 0.6) is 0 Å². The van der Waals surface area contributed by atoms with Crippen molar-refractivity contribution in [2.45, 2.75) is 19.4 Å². The summed E-state index contributed by atoms with van der Waals surface area (Å²) in [5.41, 5.74) is -1.08. The maximum atomic E-state index is 13.4. The number of nitrogens with one attached hydrogen (secondary N) is 1. The number of benzene rings is 1. The van der Waals surface area contributed by atoms with Crippen molar-refractivity contribution in [1.82, 2.24) is 5.32 Å². The van der Waals surface area contributed by atoms with E-state index in [1.807, 2.05) is 5.32 Å². The summed E-state index contributed by atoms with van der Waals surface area (Å²) in [6, 6.07) is 0.914. The molecule has 0 saturated carbocycles. The van der Waals surface area contributed by atoms with Gasteiger partial charge in [-0.05, 0) is 13.3 Å². The largest absolute Gasteiger partial charge is 0.480 e. The van der Waals surface area contributed by atoms with Crippen LogP contribution in [0.3, 0.4) is 0 Å². The van der Waals surface area contributed by atoms with E-state index in [4.69, 9.17) is 10.4 Å². The van der Waals surface area contributed by atoms with Crippen LogP contribution in [0.2, 0.25) is 0 Å². The smallest absolute Gasteiger partial charge is 0.326 e. The van der Waals surface area contributed by atoms with E-state index in [-0.39, 0.29) is 6.42 Å². The number of halogens is 3. The first-order valence-electron chi connectivity index (χ1n) is 5.84. The molecule has 0 unspecified atom stereocenters. The fraction of sp³-hybridized carbons (Fsp3) is 0.308. The maximum absolute atomic E-state index is 13.4. The Morgan fingerprint density at radius 1 is 1.33 bits per heavy atom. The molecule has 0 spiro atoms. The standard InChI is InChI=1S/C13H11F3N2O3/c1-6(5-17)2-10(13(20)21)18-12(19)11-8(15)3-7(14)4-9(11)16/h3-4,6,10H,2H2,1H3,(H,18,19)(H,20,21)/t6-,10+/m0/s1. The molecule has 0 aliphatic rings. The van der Waals surface area contributed by atoms with Gasteiger partial charge in [-0.25, -0.2) is 18.0 Å². The predicted molar refractivity (Wildman–Crippen MR) is 64.6 cm³/mol. The first-order valence-corrected chi connectivity index (χ1v) is 5.84. The number of hydrogen-bond acceptors (Lipinski definition) is 3. The highest BCUT2D eigenvalue weighted by Gasteiger charge is 2.26. The highest BCUT2D eigenvalue weighted by Crippen LogP contribution is 2.15. The number of rotatable bonds is 5. The van der Waals surface area contributed by atoms with Gasteiger partial charge < -0.3 is 10.4 Å². The molecule has 0 fully saturated rings. The molecule has 1 amide bonds. The Labute approximate surface area is 118 Å². The quantitative estimate of drug-likeness (QED) is 0.868. The monoisotopic (exact) mass is 300 g/mol. The number of carboxylic acids is 1. The number of nitriles is 1. The molecule has 1 aromatic rings. The van der Waals surface area contributed by atoms with E-state index < -0.39 is 46.9 Å². The van der Waals surface area contributed by atoms with E-state index in [1.54, 1.807) is 6.07 Å². The van der Waals surface area contributed by atoms with E-state index in [9.17, 15) is 22.8 Å². The Morgan fingerprint density at radius 3 is 2.29 bits per heavy atom. The van der Waals surface area contributed by atoms with Gasteiger partial charge in [0.1, 0.15) is 29.1 Å². The topological polar surface area (TPSA) is 90.2 Å². The van der Waals surface area contributed by atoms with Crippen LogP contribution < -0.4 is 5.32 Å². The van der Waals surface area contributed by atoms with Crippen LogP contribution in [0.4, 0.5) is 13.2 Å². The van der Waals surface area contributed by atoms with Crippen molar-refractivity contribution in [1.29, 1.82) is 5.26 Å². The lowest BCUT2D eigenvalue weighted by molar-refractivity contribution is -0.139. The third-order valence-electron chi connectivity index (χ3n) is 2.65. The summed E-state index contributed by atoms with van der Waals surface area (Å²) in [5, 5.41) is 19.4. The van der Waals surface area contributed by atoms with Gasteiger partial charge >= 0.3 is 5.97 Å². The zero-order chi connectivity index (χ0) is 16.2. The van der Waals surface area contributed by atoms with E-state index in [0.717, 1.165) is 0 Å². The van der Waals surface area contributed by atoms with Crippen LogP contribution in [0.25, 0.3) is 0 Å². The predicted octanol–water partition coefficient (Wildman–Crippen LogP) is 1.84. The van der Waals surface area contributed by atoms with E-state index in [1.165, 1.54) is 6.92 Å². The Morgan fingerprint density at radius 2 is 1.86 bits per heavy atom. The molecule has 2 atom stereocenters. The molecule has 8 heteroatoms. The maximum Gasteiger partial charge on any atom is 0.326 e.